The van der Waals surface area contributed by atoms with Crippen molar-refractivity contribution in [3.8, 4) is 5.75 Å². The summed E-state index contributed by atoms with van der Waals surface area (Å²) in [5, 5.41) is 0.432. The molecule has 2 heterocycles. The highest BCUT2D eigenvalue weighted by Gasteiger charge is 2.39. The topological polar surface area (TPSA) is 105 Å². The number of nitrogens with zero attached hydrogens (tertiary/aromatic N) is 3. The summed E-state index contributed by atoms with van der Waals surface area (Å²) in [7, 11) is 1.54. The maximum Gasteiger partial charge on any atom is 0.328 e. The Hall–Kier alpha value is -3.10. The van der Waals surface area contributed by atoms with Crippen molar-refractivity contribution < 1.29 is 14.3 Å². The first-order valence-corrected chi connectivity index (χ1v) is 12.8. The Morgan fingerprint density at radius 1 is 1.00 bits per heavy atom. The van der Waals surface area contributed by atoms with Gasteiger partial charge in [-0.1, -0.05) is 0 Å². The minimum atomic E-state index is -0.404. The molecule has 2 aliphatic carbocycles. The van der Waals surface area contributed by atoms with Crippen LogP contribution in [0.1, 0.15) is 45.4 Å². The summed E-state index contributed by atoms with van der Waals surface area (Å²) < 4.78 is 6.51. The van der Waals surface area contributed by atoms with Crippen molar-refractivity contribution in [2.45, 2.75) is 58.0 Å². The van der Waals surface area contributed by atoms with Crippen LogP contribution in [0.2, 0.25) is 0 Å². The fourth-order valence-electron chi connectivity index (χ4n) is 5.68. The van der Waals surface area contributed by atoms with Crippen LogP contribution in [-0.4, -0.2) is 64.0 Å². The molecule has 0 unspecified atom stereocenters. The number of hydrogen-bond acceptors (Lipinski definition) is 5. The molecule has 35 heavy (non-hydrogen) atoms. The van der Waals surface area contributed by atoms with Crippen molar-refractivity contribution in [1.82, 2.24) is 19.4 Å². The Morgan fingerprint density at radius 2 is 1.69 bits per heavy atom. The zero-order valence-corrected chi connectivity index (χ0v) is 20.5. The summed E-state index contributed by atoms with van der Waals surface area (Å²) >= 11 is 0. The highest BCUT2D eigenvalue weighted by atomic mass is 16.5. The summed E-state index contributed by atoms with van der Waals surface area (Å²) in [5.41, 5.74) is -0.216. The predicted octanol–water partition coefficient (Wildman–Crippen LogP) is 1.97. The smallest absolute Gasteiger partial charge is 0.328 e. The Labute approximate surface area is 204 Å². The first kappa shape index (κ1) is 23.6. The minimum Gasteiger partial charge on any atom is -0.497 e. The molecule has 0 spiro atoms. The number of nitrogens with one attached hydrogen (secondary N) is 1. The molecular weight excluding hydrogens is 448 g/mol. The van der Waals surface area contributed by atoms with Crippen LogP contribution in [0.5, 0.6) is 5.75 Å². The van der Waals surface area contributed by atoms with Gasteiger partial charge in [-0.25, -0.2) is 4.79 Å². The molecule has 1 N–H and O–H groups in total. The van der Waals surface area contributed by atoms with Gasteiger partial charge in [0.05, 0.1) is 18.0 Å². The third-order valence-corrected chi connectivity index (χ3v) is 7.97. The van der Waals surface area contributed by atoms with Crippen LogP contribution in [0.4, 0.5) is 0 Å². The molecule has 1 aromatic carbocycles. The van der Waals surface area contributed by atoms with Crippen LogP contribution in [0.25, 0.3) is 10.9 Å². The summed E-state index contributed by atoms with van der Waals surface area (Å²) in [6, 6.07) is 5.10. The number of rotatable bonds is 5. The van der Waals surface area contributed by atoms with Gasteiger partial charge in [-0.05, 0) is 69.6 Å². The number of methoxy groups -OCH3 is 1. The van der Waals surface area contributed by atoms with E-state index in [1.165, 1.54) is 4.57 Å². The van der Waals surface area contributed by atoms with Crippen molar-refractivity contribution in [1.29, 1.82) is 0 Å². The van der Waals surface area contributed by atoms with Gasteiger partial charge in [0.15, 0.2) is 0 Å². The third kappa shape index (κ3) is 4.73. The first-order chi connectivity index (χ1) is 16.9. The van der Waals surface area contributed by atoms with Gasteiger partial charge in [0.2, 0.25) is 11.8 Å². The van der Waals surface area contributed by atoms with E-state index in [4.69, 9.17) is 4.74 Å². The second kappa shape index (κ2) is 9.51. The molecule has 0 radical (unpaired) electrons. The highest BCUT2D eigenvalue weighted by molar-refractivity contribution is 5.83. The number of aromatic nitrogens is 2. The lowest BCUT2D eigenvalue weighted by Gasteiger charge is -2.42. The normalized spacial score (nSPS) is 25.0. The zero-order valence-electron chi connectivity index (χ0n) is 20.5. The van der Waals surface area contributed by atoms with Crippen molar-refractivity contribution in [2.24, 2.45) is 17.8 Å². The van der Waals surface area contributed by atoms with E-state index in [1.807, 2.05) is 16.7 Å². The molecule has 9 heteroatoms. The number of carbonyl (C=O) groups excluding carboxylic acids is 2. The van der Waals surface area contributed by atoms with Gasteiger partial charge in [-0.3, -0.25) is 19.0 Å². The molecule has 1 aromatic heterocycles. The summed E-state index contributed by atoms with van der Waals surface area (Å²) in [6.45, 7) is 4.21. The van der Waals surface area contributed by atoms with Gasteiger partial charge in [-0.15, -0.1) is 0 Å². The first-order valence-electron chi connectivity index (χ1n) is 12.8. The molecule has 2 saturated carbocycles. The van der Waals surface area contributed by atoms with Crippen molar-refractivity contribution in [3.63, 3.8) is 0 Å². The number of benzene rings is 1. The predicted molar refractivity (Wildman–Crippen MR) is 131 cm³/mol. The number of fused-ring (bicyclic) bond motifs is 1. The number of carbonyl (C=O) groups is 2. The number of aromatic amines is 1. The SMILES string of the molecule is COc1ccc2[nH]c(=O)n(CC3CCC(C(=O)N4CCN(C(=O)C5CC5)[C@H](C)C4)CC3)c(=O)c2c1. The maximum atomic E-state index is 13.2. The Bertz CT molecular complexity index is 1240. The fourth-order valence-corrected chi connectivity index (χ4v) is 5.68. The molecule has 188 valence electrons. The van der Waals surface area contributed by atoms with Crippen LogP contribution in [0.15, 0.2) is 27.8 Å². The third-order valence-electron chi connectivity index (χ3n) is 7.97. The monoisotopic (exact) mass is 482 g/mol. The molecule has 1 saturated heterocycles. The van der Waals surface area contributed by atoms with E-state index in [9.17, 15) is 19.2 Å². The molecule has 3 fully saturated rings. The second-order valence-electron chi connectivity index (χ2n) is 10.4. The van der Waals surface area contributed by atoms with Gasteiger partial charge in [-0.2, -0.15) is 0 Å². The Balaban J connectivity index is 1.19. The number of ether oxygens (including phenoxy) is 1. The average Bonchev–Trinajstić information content (AvgIpc) is 3.71. The lowest BCUT2D eigenvalue weighted by molar-refractivity contribution is -0.146. The van der Waals surface area contributed by atoms with E-state index in [0.717, 1.165) is 38.5 Å². The van der Waals surface area contributed by atoms with E-state index < -0.39 is 5.69 Å². The summed E-state index contributed by atoms with van der Waals surface area (Å²) in [6.07, 6.45) is 5.11. The number of amides is 2. The van der Waals surface area contributed by atoms with E-state index in [-0.39, 0.29) is 41.2 Å². The average molecular weight is 483 g/mol. The van der Waals surface area contributed by atoms with Crippen molar-refractivity contribution in [3.05, 3.63) is 39.0 Å². The molecule has 2 amide bonds. The van der Waals surface area contributed by atoms with Crippen molar-refractivity contribution >= 4 is 22.7 Å². The van der Waals surface area contributed by atoms with Gasteiger partial charge in [0.1, 0.15) is 5.75 Å². The molecular formula is C26H34N4O5. The molecule has 1 aliphatic heterocycles. The molecule has 1 atom stereocenters. The van der Waals surface area contributed by atoms with Gasteiger partial charge < -0.3 is 19.5 Å². The van der Waals surface area contributed by atoms with E-state index in [1.54, 1.807) is 25.3 Å². The largest absolute Gasteiger partial charge is 0.497 e. The van der Waals surface area contributed by atoms with E-state index in [2.05, 4.69) is 4.98 Å². The molecule has 2 aromatic rings. The second-order valence-corrected chi connectivity index (χ2v) is 10.4. The number of hydrogen-bond donors (Lipinski definition) is 1. The lowest BCUT2D eigenvalue weighted by Crippen LogP contribution is -2.57. The lowest BCUT2D eigenvalue weighted by atomic mass is 9.81. The van der Waals surface area contributed by atoms with Gasteiger partial charge in [0, 0.05) is 44.1 Å². The number of H-pyrrole nitrogens is 1. The van der Waals surface area contributed by atoms with E-state index >= 15 is 0 Å². The van der Waals surface area contributed by atoms with Crippen LogP contribution in [0, 0.1) is 17.8 Å². The van der Waals surface area contributed by atoms with Crippen LogP contribution >= 0.6 is 0 Å². The summed E-state index contributed by atoms with van der Waals surface area (Å²) in [4.78, 5) is 58.0. The quantitative estimate of drug-likeness (QED) is 0.702. The Morgan fingerprint density at radius 3 is 2.34 bits per heavy atom. The highest BCUT2D eigenvalue weighted by Crippen LogP contribution is 2.34. The fraction of sp³-hybridized carbons (Fsp3) is 0.615. The maximum absolute atomic E-state index is 13.2. The van der Waals surface area contributed by atoms with Gasteiger partial charge >= 0.3 is 5.69 Å². The summed E-state index contributed by atoms with van der Waals surface area (Å²) in [5.74, 6) is 1.36. The standard InChI is InChI=1S/C26H34N4O5/c1-16-14-28(11-12-29(16)24(32)19-7-8-19)23(31)18-5-3-17(4-6-18)15-30-25(33)21-13-20(35-2)9-10-22(21)27-26(30)34/h9-10,13,16-19H,3-8,11-12,14-15H2,1-2H3,(H,27,34)/t16-,17?,18?/m1/s1. The molecule has 9 nitrogen and oxygen atoms in total. The zero-order chi connectivity index (χ0) is 24.7. The van der Waals surface area contributed by atoms with Crippen LogP contribution in [0.3, 0.4) is 0 Å². The molecule has 5 rings (SSSR count). The van der Waals surface area contributed by atoms with Crippen LogP contribution in [-0.2, 0) is 16.1 Å². The van der Waals surface area contributed by atoms with Gasteiger partial charge in [0.25, 0.3) is 5.56 Å². The number of piperazine rings is 1. The minimum absolute atomic E-state index is 0.0278. The van der Waals surface area contributed by atoms with Crippen LogP contribution < -0.4 is 16.0 Å². The van der Waals surface area contributed by atoms with Crippen molar-refractivity contribution in [2.75, 3.05) is 26.7 Å². The molecule has 3 aliphatic rings. The Kier molecular flexibility index (Phi) is 6.42. The molecule has 0 bridgehead atoms. The van der Waals surface area contributed by atoms with E-state index in [0.29, 0.717) is 42.8 Å².